The molecule has 176 valence electrons. The fourth-order valence-electron chi connectivity index (χ4n) is 7.49. The van der Waals surface area contributed by atoms with Crippen molar-refractivity contribution in [1.29, 1.82) is 5.26 Å². The summed E-state index contributed by atoms with van der Waals surface area (Å²) in [4.78, 5) is 30.3. The van der Waals surface area contributed by atoms with Crippen molar-refractivity contribution in [3.05, 3.63) is 51.9 Å². The van der Waals surface area contributed by atoms with E-state index in [1.54, 1.807) is 0 Å². The van der Waals surface area contributed by atoms with Crippen LogP contribution in [-0.2, 0) is 19.7 Å². The maximum Gasteiger partial charge on any atom is 0.248 e. The molecular weight excluding hydrogens is 433 g/mol. The third kappa shape index (κ3) is 2.39. The lowest BCUT2D eigenvalue weighted by atomic mass is 9.62. The predicted octanol–water partition coefficient (Wildman–Crippen LogP) is 4.60. The number of allylic oxidation sites excluding steroid dienone is 1. The van der Waals surface area contributed by atoms with Crippen LogP contribution >= 0.6 is 0 Å². The zero-order valence-corrected chi connectivity index (χ0v) is 19.8. The fourth-order valence-corrected chi connectivity index (χ4v) is 7.49. The van der Waals surface area contributed by atoms with Gasteiger partial charge in [0.2, 0.25) is 11.8 Å². The van der Waals surface area contributed by atoms with E-state index in [9.17, 15) is 14.9 Å². The molecule has 2 spiro atoms. The Kier molecular flexibility index (Phi) is 4.09. The lowest BCUT2D eigenvalue weighted by Gasteiger charge is -2.47. The third-order valence-corrected chi connectivity index (χ3v) is 8.66. The van der Waals surface area contributed by atoms with E-state index in [2.05, 4.69) is 13.0 Å². The minimum atomic E-state index is -1.76. The van der Waals surface area contributed by atoms with Gasteiger partial charge in [-0.15, -0.1) is 0 Å². The van der Waals surface area contributed by atoms with Gasteiger partial charge in [0, 0.05) is 23.9 Å². The summed E-state index contributed by atoms with van der Waals surface area (Å²) in [6, 6.07) is 4.94. The van der Waals surface area contributed by atoms with Crippen molar-refractivity contribution >= 4 is 17.4 Å². The number of carbonyl (C=O) groups is 2. The van der Waals surface area contributed by atoms with Crippen LogP contribution in [0.25, 0.3) is 0 Å². The van der Waals surface area contributed by atoms with Gasteiger partial charge >= 0.3 is 0 Å². The quantitative estimate of drug-likeness (QED) is 0.609. The molecule has 3 aliphatic heterocycles. The van der Waals surface area contributed by atoms with Gasteiger partial charge in [-0.3, -0.25) is 9.59 Å². The van der Waals surface area contributed by atoms with Crippen LogP contribution in [0.2, 0.25) is 0 Å². The number of rotatable bonds is 0. The van der Waals surface area contributed by atoms with Crippen LogP contribution in [0.4, 0.5) is 10.1 Å². The molecule has 6 nitrogen and oxygen atoms in total. The first-order valence-electron chi connectivity index (χ1n) is 12.1. The number of ether oxygens (including phenoxy) is 1. The number of Topliss-reactive ketones (excluding diaryl/α,β-unsaturated/α-hetero) is 1. The Morgan fingerprint density at radius 3 is 2.59 bits per heavy atom. The van der Waals surface area contributed by atoms with Crippen molar-refractivity contribution in [3.63, 3.8) is 0 Å². The van der Waals surface area contributed by atoms with Crippen molar-refractivity contribution in [2.75, 3.05) is 4.90 Å². The van der Waals surface area contributed by atoms with Crippen LogP contribution < -0.4 is 10.6 Å². The van der Waals surface area contributed by atoms with Gasteiger partial charge in [0.15, 0.2) is 5.78 Å². The van der Waals surface area contributed by atoms with Gasteiger partial charge in [0.05, 0.1) is 11.3 Å². The molecule has 2 aliphatic carbocycles. The molecule has 0 saturated heterocycles. The predicted molar refractivity (Wildman–Crippen MR) is 123 cm³/mol. The van der Waals surface area contributed by atoms with Crippen LogP contribution in [0.1, 0.15) is 82.8 Å². The molecule has 1 aromatic carbocycles. The number of ketones is 1. The summed E-state index contributed by atoms with van der Waals surface area (Å²) in [5.74, 6) is -0.880. The molecule has 0 radical (unpaired) electrons. The third-order valence-electron chi connectivity index (χ3n) is 8.66. The summed E-state index contributed by atoms with van der Waals surface area (Å²) in [6.45, 7) is 5.99. The lowest BCUT2D eigenvalue weighted by molar-refractivity contribution is -0.126. The Labute approximate surface area is 198 Å². The molecular formula is C27H28FN3O3. The zero-order chi connectivity index (χ0) is 24.2. The Hall–Kier alpha value is -3.14. The van der Waals surface area contributed by atoms with Crippen LogP contribution in [0, 0.1) is 22.6 Å². The molecule has 1 fully saturated rings. The maximum absolute atomic E-state index is 15.1. The number of nitrogens with two attached hydrogens (primary N) is 1. The number of benzene rings is 1. The molecule has 2 N–H and O–H groups in total. The number of nitriles is 1. The normalized spacial score (nSPS) is 30.6. The van der Waals surface area contributed by atoms with Crippen LogP contribution in [0.3, 0.4) is 0 Å². The van der Waals surface area contributed by atoms with E-state index in [4.69, 9.17) is 10.5 Å². The second-order valence-electron chi connectivity index (χ2n) is 11.5. The summed E-state index contributed by atoms with van der Waals surface area (Å²) < 4.78 is 21.0. The molecule has 2 atom stereocenters. The Morgan fingerprint density at radius 2 is 1.91 bits per heavy atom. The summed E-state index contributed by atoms with van der Waals surface area (Å²) >= 11 is 0. The van der Waals surface area contributed by atoms with Gasteiger partial charge in [-0.1, -0.05) is 33.6 Å². The van der Waals surface area contributed by atoms with Crippen LogP contribution in [-0.4, -0.2) is 17.2 Å². The van der Waals surface area contributed by atoms with E-state index in [1.165, 1.54) is 12.1 Å². The molecule has 0 aromatic heterocycles. The van der Waals surface area contributed by atoms with Crippen molar-refractivity contribution in [3.8, 4) is 6.07 Å². The Morgan fingerprint density at radius 1 is 1.21 bits per heavy atom. The highest BCUT2D eigenvalue weighted by molar-refractivity contribution is 6.21. The number of carbonyl (C=O) groups excluding carboxylic acids is 2. The first kappa shape index (κ1) is 21.4. The number of hydrogen-bond acceptors (Lipinski definition) is 5. The smallest absolute Gasteiger partial charge is 0.248 e. The SMILES string of the molecule is C[C@H]1CC2(CCCC2)N2C(=O)[C@]3(C(C#N)=C(N)OC4=C3C(=O)CC(C)(C)C4)c3cc(F)cc1c32. The van der Waals surface area contributed by atoms with E-state index in [-0.39, 0.29) is 46.5 Å². The van der Waals surface area contributed by atoms with E-state index in [1.807, 2.05) is 18.7 Å². The number of fused-ring (bicyclic) bond motifs is 3. The second-order valence-corrected chi connectivity index (χ2v) is 11.5. The summed E-state index contributed by atoms with van der Waals surface area (Å²) in [5.41, 5.74) is 5.60. The average Bonchev–Trinajstić information content (AvgIpc) is 3.28. The topological polar surface area (TPSA) is 96.4 Å². The zero-order valence-electron chi connectivity index (χ0n) is 19.8. The van der Waals surface area contributed by atoms with Crippen LogP contribution in [0.15, 0.2) is 34.9 Å². The van der Waals surface area contributed by atoms with E-state index in [0.717, 1.165) is 37.7 Å². The number of amides is 1. The highest BCUT2D eigenvalue weighted by Gasteiger charge is 2.67. The summed E-state index contributed by atoms with van der Waals surface area (Å²) in [5, 5.41) is 10.3. The number of halogens is 1. The van der Waals surface area contributed by atoms with E-state index in [0.29, 0.717) is 23.4 Å². The minimum absolute atomic E-state index is 0.0443. The molecule has 5 aliphatic rings. The largest absolute Gasteiger partial charge is 0.444 e. The summed E-state index contributed by atoms with van der Waals surface area (Å²) in [7, 11) is 0. The molecule has 1 saturated carbocycles. The molecule has 0 unspecified atom stereocenters. The lowest BCUT2D eigenvalue weighted by Crippen LogP contribution is -2.57. The summed E-state index contributed by atoms with van der Waals surface area (Å²) in [6.07, 6.45) is 5.05. The maximum atomic E-state index is 15.1. The molecule has 3 heterocycles. The molecule has 7 heteroatoms. The Bertz CT molecular complexity index is 1290. The van der Waals surface area contributed by atoms with Gasteiger partial charge in [-0.25, -0.2) is 4.39 Å². The monoisotopic (exact) mass is 461 g/mol. The Balaban J connectivity index is 1.74. The van der Waals surface area contributed by atoms with Gasteiger partial charge in [-0.2, -0.15) is 5.26 Å². The second kappa shape index (κ2) is 6.50. The fraction of sp³-hybridized carbons (Fsp3) is 0.519. The number of nitrogens with zero attached hydrogens (tertiary/aromatic N) is 2. The molecule has 34 heavy (non-hydrogen) atoms. The number of anilines is 1. The average molecular weight is 462 g/mol. The van der Waals surface area contributed by atoms with Crippen molar-refractivity contribution in [1.82, 2.24) is 0 Å². The van der Waals surface area contributed by atoms with Crippen molar-refractivity contribution in [2.24, 2.45) is 11.1 Å². The standard InChI is InChI=1S/C27H28FN3O3/c1-14-10-26(6-4-5-7-26)31-22-16(14)8-15(28)9-17(22)27(24(31)33)18(13-29)23(30)34-20-12-25(2,3)11-19(32)21(20)27/h8-9,14H,4-7,10-12,30H2,1-3H3/t14-,27-/m0/s1. The minimum Gasteiger partial charge on any atom is -0.444 e. The van der Waals surface area contributed by atoms with Crippen molar-refractivity contribution < 1.29 is 18.7 Å². The molecule has 6 rings (SSSR count). The van der Waals surface area contributed by atoms with E-state index >= 15 is 4.39 Å². The number of hydrogen-bond donors (Lipinski definition) is 1. The highest BCUT2D eigenvalue weighted by atomic mass is 19.1. The highest BCUT2D eigenvalue weighted by Crippen LogP contribution is 2.63. The first-order valence-corrected chi connectivity index (χ1v) is 12.1. The van der Waals surface area contributed by atoms with Gasteiger partial charge in [0.25, 0.3) is 0 Å². The molecule has 0 bridgehead atoms. The molecule has 1 aromatic rings. The van der Waals surface area contributed by atoms with Crippen molar-refractivity contribution in [2.45, 2.75) is 82.6 Å². The van der Waals surface area contributed by atoms with Crippen LogP contribution in [0.5, 0.6) is 0 Å². The van der Waals surface area contributed by atoms with E-state index < -0.39 is 16.8 Å². The van der Waals surface area contributed by atoms with Gasteiger partial charge in [0.1, 0.15) is 28.6 Å². The first-order chi connectivity index (χ1) is 16.1. The van der Waals surface area contributed by atoms with Gasteiger partial charge in [-0.05, 0) is 48.3 Å². The molecule has 1 amide bonds. The van der Waals surface area contributed by atoms with Gasteiger partial charge < -0.3 is 15.4 Å².